The summed E-state index contributed by atoms with van der Waals surface area (Å²) < 4.78 is 10.1. The Morgan fingerprint density at radius 2 is 2.19 bits per heavy atom. The lowest BCUT2D eigenvalue weighted by Gasteiger charge is -2.20. The summed E-state index contributed by atoms with van der Waals surface area (Å²) in [6, 6.07) is 4.57. The fraction of sp³-hybridized carbons (Fsp3) is 0.429. The van der Waals surface area contributed by atoms with E-state index in [0.717, 1.165) is 0 Å². The van der Waals surface area contributed by atoms with Crippen molar-refractivity contribution in [3.63, 3.8) is 0 Å². The number of hydrogen-bond acceptors (Lipinski definition) is 5. The minimum Gasteiger partial charge on any atom is -0.507 e. The van der Waals surface area contributed by atoms with Gasteiger partial charge in [-0.3, -0.25) is 5.32 Å². The number of benzene rings is 1. The van der Waals surface area contributed by atoms with Crippen molar-refractivity contribution in [1.29, 1.82) is 0 Å². The Morgan fingerprint density at radius 3 is 2.71 bits per heavy atom. The highest BCUT2D eigenvalue weighted by Gasteiger charge is 2.26. The predicted octanol–water partition coefficient (Wildman–Crippen LogP) is 2.52. The van der Waals surface area contributed by atoms with Crippen LogP contribution in [0.4, 0.5) is 15.3 Å². The minimum atomic E-state index is -0.608. The zero-order valence-electron chi connectivity index (χ0n) is 12.1. The average Bonchev–Trinajstić information content (AvgIpc) is 2.73. The zero-order valence-corrected chi connectivity index (χ0v) is 12.1. The standard InChI is InChI=1S/C14H18N2O5/c1-14(2,3)21-13(19)16-8-4-5-9(10(17)6-8)11-7-15-12(18)20-11/h4-6,11,17H,7H2,1-3H3,(H,15,18)(H,16,19). The summed E-state index contributed by atoms with van der Waals surface area (Å²) >= 11 is 0. The number of ether oxygens (including phenoxy) is 2. The van der Waals surface area contributed by atoms with Gasteiger partial charge in [-0.25, -0.2) is 9.59 Å². The molecule has 21 heavy (non-hydrogen) atoms. The van der Waals surface area contributed by atoms with E-state index in [1.54, 1.807) is 32.9 Å². The molecule has 2 rings (SSSR count). The molecule has 0 spiro atoms. The van der Waals surface area contributed by atoms with Crippen LogP contribution >= 0.6 is 0 Å². The van der Waals surface area contributed by atoms with Crippen molar-refractivity contribution >= 4 is 17.9 Å². The lowest BCUT2D eigenvalue weighted by atomic mass is 10.1. The van der Waals surface area contributed by atoms with Gasteiger partial charge in [0.1, 0.15) is 17.5 Å². The first kappa shape index (κ1) is 15.0. The summed E-state index contributed by atoms with van der Waals surface area (Å²) in [7, 11) is 0. The van der Waals surface area contributed by atoms with E-state index in [0.29, 0.717) is 17.8 Å². The van der Waals surface area contributed by atoms with E-state index in [1.165, 1.54) is 6.07 Å². The summed E-state index contributed by atoms with van der Waals surface area (Å²) in [6.45, 7) is 5.57. The van der Waals surface area contributed by atoms with Crippen LogP contribution in [-0.4, -0.2) is 29.4 Å². The van der Waals surface area contributed by atoms with Crippen molar-refractivity contribution in [2.24, 2.45) is 0 Å². The van der Waals surface area contributed by atoms with Gasteiger partial charge < -0.3 is 19.9 Å². The molecule has 1 saturated heterocycles. The maximum Gasteiger partial charge on any atom is 0.412 e. The number of carbonyl (C=O) groups is 2. The van der Waals surface area contributed by atoms with E-state index in [1.807, 2.05) is 0 Å². The second-order valence-electron chi connectivity index (χ2n) is 5.68. The molecule has 1 heterocycles. The molecule has 2 amide bonds. The minimum absolute atomic E-state index is 0.0648. The molecule has 1 aromatic rings. The topological polar surface area (TPSA) is 96.9 Å². The van der Waals surface area contributed by atoms with Crippen molar-refractivity contribution in [3.05, 3.63) is 23.8 Å². The normalized spacial score (nSPS) is 17.9. The number of nitrogens with one attached hydrogen (secondary N) is 2. The van der Waals surface area contributed by atoms with E-state index in [2.05, 4.69) is 10.6 Å². The van der Waals surface area contributed by atoms with Crippen LogP contribution in [0.3, 0.4) is 0 Å². The number of cyclic esters (lactones) is 1. The summed E-state index contributed by atoms with van der Waals surface area (Å²) in [5.74, 6) is -0.0648. The van der Waals surface area contributed by atoms with Gasteiger partial charge in [-0.2, -0.15) is 0 Å². The van der Waals surface area contributed by atoms with Crippen LogP contribution in [0, 0.1) is 0 Å². The summed E-state index contributed by atoms with van der Waals surface area (Å²) in [5, 5.41) is 15.0. The first-order valence-corrected chi connectivity index (χ1v) is 6.52. The maximum atomic E-state index is 11.6. The third-order valence-corrected chi connectivity index (χ3v) is 2.70. The monoisotopic (exact) mass is 294 g/mol. The van der Waals surface area contributed by atoms with E-state index >= 15 is 0 Å². The van der Waals surface area contributed by atoms with E-state index in [4.69, 9.17) is 9.47 Å². The van der Waals surface area contributed by atoms with Crippen molar-refractivity contribution in [3.8, 4) is 5.75 Å². The highest BCUT2D eigenvalue weighted by molar-refractivity contribution is 5.85. The average molecular weight is 294 g/mol. The van der Waals surface area contributed by atoms with Gasteiger partial charge in [0.05, 0.1) is 6.54 Å². The molecule has 0 saturated carbocycles. The Morgan fingerprint density at radius 1 is 1.48 bits per heavy atom. The van der Waals surface area contributed by atoms with Crippen LogP contribution in [0.1, 0.15) is 32.4 Å². The number of amides is 2. The fourth-order valence-corrected chi connectivity index (χ4v) is 1.88. The molecular weight excluding hydrogens is 276 g/mol. The lowest BCUT2D eigenvalue weighted by Crippen LogP contribution is -2.27. The quantitative estimate of drug-likeness (QED) is 0.778. The molecule has 0 aliphatic carbocycles. The van der Waals surface area contributed by atoms with Crippen LogP contribution in [0.2, 0.25) is 0 Å². The molecule has 114 valence electrons. The number of alkyl carbamates (subject to hydrolysis) is 1. The number of rotatable bonds is 2. The predicted molar refractivity (Wildman–Crippen MR) is 75.2 cm³/mol. The first-order valence-electron chi connectivity index (χ1n) is 6.52. The molecule has 7 nitrogen and oxygen atoms in total. The number of aromatic hydroxyl groups is 1. The van der Waals surface area contributed by atoms with Crippen molar-refractivity contribution in [2.75, 3.05) is 11.9 Å². The summed E-state index contributed by atoms with van der Waals surface area (Å²) in [4.78, 5) is 22.6. The van der Waals surface area contributed by atoms with E-state index < -0.39 is 23.9 Å². The third kappa shape index (κ3) is 4.01. The van der Waals surface area contributed by atoms with Crippen LogP contribution in [0.5, 0.6) is 5.75 Å². The molecule has 1 fully saturated rings. The second kappa shape index (κ2) is 5.51. The number of anilines is 1. The SMILES string of the molecule is CC(C)(C)OC(=O)Nc1ccc(C2CNC(=O)O2)c(O)c1. The molecule has 0 aromatic heterocycles. The Kier molecular flexibility index (Phi) is 3.93. The first-order chi connectivity index (χ1) is 9.74. The third-order valence-electron chi connectivity index (χ3n) is 2.70. The molecular formula is C14H18N2O5. The smallest absolute Gasteiger partial charge is 0.412 e. The summed E-state index contributed by atoms with van der Waals surface area (Å²) in [6.07, 6.45) is -1.66. The van der Waals surface area contributed by atoms with Crippen molar-refractivity contribution < 1.29 is 24.2 Å². The van der Waals surface area contributed by atoms with Gasteiger partial charge in [-0.15, -0.1) is 0 Å². The Labute approximate surface area is 122 Å². The van der Waals surface area contributed by atoms with Crippen LogP contribution in [0.25, 0.3) is 0 Å². The largest absolute Gasteiger partial charge is 0.507 e. The summed E-state index contributed by atoms with van der Waals surface area (Å²) in [5.41, 5.74) is 0.265. The number of carbonyl (C=O) groups excluding carboxylic acids is 2. The molecule has 0 bridgehead atoms. The van der Waals surface area contributed by atoms with Gasteiger partial charge in [0, 0.05) is 17.3 Å². The van der Waals surface area contributed by atoms with Gasteiger partial charge >= 0.3 is 12.2 Å². The van der Waals surface area contributed by atoms with Gasteiger partial charge in [-0.05, 0) is 32.9 Å². The van der Waals surface area contributed by atoms with Crippen molar-refractivity contribution in [1.82, 2.24) is 5.32 Å². The second-order valence-corrected chi connectivity index (χ2v) is 5.68. The van der Waals surface area contributed by atoms with Gasteiger partial charge in [0.2, 0.25) is 0 Å². The molecule has 1 atom stereocenters. The molecule has 0 radical (unpaired) electrons. The van der Waals surface area contributed by atoms with E-state index in [-0.39, 0.29) is 5.75 Å². The number of hydrogen-bond donors (Lipinski definition) is 3. The van der Waals surface area contributed by atoms with Crippen LogP contribution in [-0.2, 0) is 9.47 Å². The van der Waals surface area contributed by atoms with Crippen LogP contribution in [0.15, 0.2) is 18.2 Å². The highest BCUT2D eigenvalue weighted by atomic mass is 16.6. The number of phenols is 1. The zero-order chi connectivity index (χ0) is 15.6. The molecule has 1 aromatic carbocycles. The molecule has 1 aliphatic rings. The molecule has 1 aliphatic heterocycles. The Bertz CT molecular complexity index is 565. The highest BCUT2D eigenvalue weighted by Crippen LogP contribution is 2.31. The van der Waals surface area contributed by atoms with Gasteiger partial charge in [0.15, 0.2) is 0 Å². The molecule has 1 unspecified atom stereocenters. The maximum absolute atomic E-state index is 11.6. The van der Waals surface area contributed by atoms with E-state index in [9.17, 15) is 14.7 Å². The lowest BCUT2D eigenvalue weighted by molar-refractivity contribution is 0.0636. The number of phenolic OH excluding ortho intramolecular Hbond substituents is 1. The molecule has 7 heteroatoms. The Balaban J connectivity index is 2.05. The van der Waals surface area contributed by atoms with Gasteiger partial charge in [0.25, 0.3) is 0 Å². The van der Waals surface area contributed by atoms with Crippen molar-refractivity contribution in [2.45, 2.75) is 32.5 Å². The fourth-order valence-electron chi connectivity index (χ4n) is 1.88. The Hall–Kier alpha value is -2.44. The van der Waals surface area contributed by atoms with Crippen LogP contribution < -0.4 is 10.6 Å². The molecule has 3 N–H and O–H groups in total. The van der Waals surface area contributed by atoms with Gasteiger partial charge in [-0.1, -0.05) is 0 Å².